The van der Waals surface area contributed by atoms with E-state index in [1.807, 2.05) is 0 Å². The van der Waals surface area contributed by atoms with Crippen LogP contribution in [-0.4, -0.2) is 30.8 Å². The number of alkyl carbamates (subject to hydrolysis) is 1. The molecule has 1 amide bonds. The molecule has 0 unspecified atom stereocenters. The SMILES string of the molecule is COC(=O)[C@H](CC1(C)CC1)NC(=O)OC(C)(C)C. The Morgan fingerprint density at radius 2 is 1.89 bits per heavy atom. The van der Waals surface area contributed by atoms with Crippen LogP contribution in [0.2, 0.25) is 0 Å². The maximum atomic E-state index is 11.7. The highest BCUT2D eigenvalue weighted by Gasteiger charge is 2.42. The van der Waals surface area contributed by atoms with Crippen LogP contribution in [0.15, 0.2) is 0 Å². The molecule has 1 saturated carbocycles. The molecule has 0 heterocycles. The van der Waals surface area contributed by atoms with Crippen molar-refractivity contribution < 1.29 is 19.1 Å². The van der Waals surface area contributed by atoms with Crippen LogP contribution < -0.4 is 5.32 Å². The predicted molar refractivity (Wildman–Crippen MR) is 67.1 cm³/mol. The topological polar surface area (TPSA) is 64.6 Å². The first-order valence-electron chi connectivity index (χ1n) is 6.23. The highest BCUT2D eigenvalue weighted by atomic mass is 16.6. The standard InChI is InChI=1S/C13H23NO4/c1-12(2,3)18-11(16)14-9(10(15)17-5)8-13(4)6-7-13/h9H,6-8H2,1-5H3,(H,14,16)/t9-/m0/s1. The average Bonchev–Trinajstić information content (AvgIpc) is 2.91. The van der Waals surface area contributed by atoms with E-state index in [9.17, 15) is 9.59 Å². The lowest BCUT2D eigenvalue weighted by Gasteiger charge is -2.23. The third-order valence-corrected chi connectivity index (χ3v) is 2.98. The second-order valence-corrected chi connectivity index (χ2v) is 6.24. The molecular formula is C13H23NO4. The van der Waals surface area contributed by atoms with Gasteiger partial charge in [-0.25, -0.2) is 9.59 Å². The van der Waals surface area contributed by atoms with Gasteiger partial charge in [-0.15, -0.1) is 0 Å². The third kappa shape index (κ3) is 4.94. The summed E-state index contributed by atoms with van der Waals surface area (Å²) in [4.78, 5) is 23.3. The molecule has 18 heavy (non-hydrogen) atoms. The molecule has 0 aromatic heterocycles. The number of rotatable bonds is 4. The van der Waals surface area contributed by atoms with Crippen LogP contribution in [0.25, 0.3) is 0 Å². The summed E-state index contributed by atoms with van der Waals surface area (Å²) >= 11 is 0. The summed E-state index contributed by atoms with van der Waals surface area (Å²) in [7, 11) is 1.32. The molecule has 0 spiro atoms. The van der Waals surface area contributed by atoms with Crippen LogP contribution >= 0.6 is 0 Å². The Bertz CT molecular complexity index is 328. The van der Waals surface area contributed by atoms with Gasteiger partial charge in [-0.05, 0) is 45.4 Å². The maximum absolute atomic E-state index is 11.7. The van der Waals surface area contributed by atoms with E-state index >= 15 is 0 Å². The van der Waals surface area contributed by atoms with Gasteiger partial charge in [0.1, 0.15) is 11.6 Å². The monoisotopic (exact) mass is 257 g/mol. The lowest BCUT2D eigenvalue weighted by Crippen LogP contribution is -2.45. The van der Waals surface area contributed by atoms with Crippen molar-refractivity contribution in [3.8, 4) is 0 Å². The summed E-state index contributed by atoms with van der Waals surface area (Å²) in [6.07, 6.45) is 2.17. The minimum absolute atomic E-state index is 0.147. The fourth-order valence-electron chi connectivity index (χ4n) is 1.70. The number of ether oxygens (including phenoxy) is 2. The van der Waals surface area contributed by atoms with Gasteiger partial charge in [-0.3, -0.25) is 0 Å². The van der Waals surface area contributed by atoms with Gasteiger partial charge in [-0.2, -0.15) is 0 Å². The van der Waals surface area contributed by atoms with Crippen molar-refractivity contribution in [2.75, 3.05) is 7.11 Å². The van der Waals surface area contributed by atoms with Crippen molar-refractivity contribution in [3.05, 3.63) is 0 Å². The summed E-state index contributed by atoms with van der Waals surface area (Å²) in [5.74, 6) is -0.422. The van der Waals surface area contributed by atoms with Crippen LogP contribution in [0, 0.1) is 5.41 Å². The Labute approximate surface area is 108 Å². The van der Waals surface area contributed by atoms with Crippen LogP contribution in [0.3, 0.4) is 0 Å². The van der Waals surface area contributed by atoms with Gasteiger partial charge in [0.15, 0.2) is 0 Å². The molecule has 1 rings (SSSR count). The predicted octanol–water partition coefficient (Wildman–Crippen LogP) is 2.24. The number of amides is 1. The lowest BCUT2D eigenvalue weighted by atomic mass is 9.99. The Hall–Kier alpha value is -1.26. The maximum Gasteiger partial charge on any atom is 0.408 e. The molecule has 0 aromatic carbocycles. The molecule has 5 heteroatoms. The molecule has 1 aliphatic carbocycles. The van der Waals surface area contributed by atoms with Crippen molar-refractivity contribution in [1.82, 2.24) is 5.32 Å². The minimum Gasteiger partial charge on any atom is -0.467 e. The van der Waals surface area contributed by atoms with Gasteiger partial charge in [0, 0.05) is 0 Å². The van der Waals surface area contributed by atoms with Gasteiger partial charge in [0.2, 0.25) is 0 Å². The number of methoxy groups -OCH3 is 1. The number of hydrogen-bond acceptors (Lipinski definition) is 4. The molecule has 0 bridgehead atoms. The second-order valence-electron chi connectivity index (χ2n) is 6.24. The van der Waals surface area contributed by atoms with Gasteiger partial charge in [-0.1, -0.05) is 6.92 Å². The number of hydrogen-bond donors (Lipinski definition) is 1. The molecule has 1 fully saturated rings. The van der Waals surface area contributed by atoms with E-state index in [2.05, 4.69) is 12.2 Å². The molecule has 1 N–H and O–H groups in total. The minimum atomic E-state index is -0.627. The van der Waals surface area contributed by atoms with Gasteiger partial charge >= 0.3 is 12.1 Å². The first-order valence-corrected chi connectivity index (χ1v) is 6.23. The van der Waals surface area contributed by atoms with Crippen LogP contribution in [0.1, 0.15) is 47.0 Å². The molecule has 0 saturated heterocycles. The number of carbonyl (C=O) groups is 2. The first-order chi connectivity index (χ1) is 8.15. The fourth-order valence-corrected chi connectivity index (χ4v) is 1.70. The molecule has 0 radical (unpaired) electrons. The van der Waals surface area contributed by atoms with E-state index in [0.29, 0.717) is 6.42 Å². The molecular weight excluding hydrogens is 234 g/mol. The largest absolute Gasteiger partial charge is 0.467 e. The second kappa shape index (κ2) is 5.16. The zero-order chi connectivity index (χ0) is 14.0. The smallest absolute Gasteiger partial charge is 0.408 e. The van der Waals surface area contributed by atoms with Crippen molar-refractivity contribution >= 4 is 12.1 Å². The summed E-state index contributed by atoms with van der Waals surface area (Å²) in [6, 6.07) is -0.627. The number of carbonyl (C=O) groups excluding carboxylic acids is 2. The Kier molecular flexibility index (Phi) is 4.24. The Morgan fingerprint density at radius 3 is 2.28 bits per heavy atom. The summed E-state index contributed by atoms with van der Waals surface area (Å²) < 4.78 is 9.85. The fraction of sp³-hybridized carbons (Fsp3) is 0.846. The van der Waals surface area contributed by atoms with Crippen molar-refractivity contribution in [2.24, 2.45) is 5.41 Å². The normalized spacial score (nSPS) is 18.7. The van der Waals surface area contributed by atoms with E-state index in [0.717, 1.165) is 12.8 Å². The van der Waals surface area contributed by atoms with Crippen molar-refractivity contribution in [3.63, 3.8) is 0 Å². The first kappa shape index (κ1) is 14.8. The van der Waals surface area contributed by atoms with Crippen molar-refractivity contribution in [1.29, 1.82) is 0 Å². The summed E-state index contributed by atoms with van der Waals surface area (Å²) in [6.45, 7) is 7.44. The Morgan fingerprint density at radius 1 is 1.33 bits per heavy atom. The van der Waals surface area contributed by atoms with E-state index in [1.54, 1.807) is 20.8 Å². The van der Waals surface area contributed by atoms with Gasteiger partial charge in [0.25, 0.3) is 0 Å². The third-order valence-electron chi connectivity index (χ3n) is 2.98. The zero-order valence-electron chi connectivity index (χ0n) is 11.8. The van der Waals surface area contributed by atoms with E-state index in [4.69, 9.17) is 9.47 Å². The van der Waals surface area contributed by atoms with E-state index in [-0.39, 0.29) is 5.41 Å². The molecule has 0 aromatic rings. The number of esters is 1. The molecule has 5 nitrogen and oxygen atoms in total. The molecule has 104 valence electrons. The number of nitrogens with one attached hydrogen (secondary N) is 1. The Balaban J connectivity index is 2.55. The van der Waals surface area contributed by atoms with Crippen LogP contribution in [-0.2, 0) is 14.3 Å². The van der Waals surface area contributed by atoms with Crippen molar-refractivity contribution in [2.45, 2.75) is 58.6 Å². The highest BCUT2D eigenvalue weighted by molar-refractivity contribution is 5.81. The van der Waals surface area contributed by atoms with Crippen LogP contribution in [0.4, 0.5) is 4.79 Å². The molecule has 1 aliphatic rings. The summed E-state index contributed by atoms with van der Waals surface area (Å²) in [5, 5.41) is 2.59. The van der Waals surface area contributed by atoms with E-state index < -0.39 is 23.7 Å². The molecule has 1 atom stereocenters. The lowest BCUT2D eigenvalue weighted by molar-refractivity contribution is -0.143. The van der Waals surface area contributed by atoms with E-state index in [1.165, 1.54) is 7.11 Å². The summed E-state index contributed by atoms with van der Waals surface area (Å²) in [5.41, 5.74) is -0.428. The molecule has 0 aliphatic heterocycles. The van der Waals surface area contributed by atoms with Crippen LogP contribution in [0.5, 0.6) is 0 Å². The average molecular weight is 257 g/mol. The highest BCUT2D eigenvalue weighted by Crippen LogP contribution is 2.48. The van der Waals surface area contributed by atoms with Gasteiger partial charge < -0.3 is 14.8 Å². The zero-order valence-corrected chi connectivity index (χ0v) is 11.8. The van der Waals surface area contributed by atoms with Gasteiger partial charge in [0.05, 0.1) is 7.11 Å². The quantitative estimate of drug-likeness (QED) is 0.784.